The molecule has 0 unspecified atom stereocenters. The fourth-order valence-electron chi connectivity index (χ4n) is 3.29. The molecule has 0 aliphatic carbocycles. The van der Waals surface area contributed by atoms with Gasteiger partial charge < -0.3 is 21.5 Å². The van der Waals surface area contributed by atoms with Crippen molar-refractivity contribution in [2.45, 2.75) is 31.8 Å². The maximum atomic E-state index is 12.6. The molecular weight excluding hydrogens is 492 g/mol. The van der Waals surface area contributed by atoms with E-state index in [-0.39, 0.29) is 17.6 Å². The Morgan fingerprint density at radius 3 is 2.49 bits per heavy atom. The van der Waals surface area contributed by atoms with Gasteiger partial charge in [-0.1, -0.05) is 24.3 Å². The van der Waals surface area contributed by atoms with Crippen LogP contribution >= 0.6 is 24.2 Å². The summed E-state index contributed by atoms with van der Waals surface area (Å²) in [6, 6.07) is 13.4. The van der Waals surface area contributed by atoms with Crippen molar-refractivity contribution in [2.75, 3.05) is 11.9 Å². The zero-order chi connectivity index (χ0) is 24.5. The molecule has 0 saturated carbocycles. The fourth-order valence-corrected chi connectivity index (χ4v) is 3.97. The van der Waals surface area contributed by atoms with E-state index in [4.69, 9.17) is 5.73 Å². The third-order valence-electron chi connectivity index (χ3n) is 5.09. The van der Waals surface area contributed by atoms with Gasteiger partial charge in [0.05, 0.1) is 4.91 Å². The molecule has 35 heavy (non-hydrogen) atoms. The summed E-state index contributed by atoms with van der Waals surface area (Å²) in [6.45, 7) is 0.931. The van der Waals surface area contributed by atoms with Crippen LogP contribution in [0.2, 0.25) is 0 Å². The Morgan fingerprint density at radius 1 is 1.11 bits per heavy atom. The SMILES string of the molecule is Cl.NCCCC[C@H](NC(=O)c1cccc(CNc2ccc(/C=C3\SC(=O)NC3=O)cc2)c1)C(=O)O. The van der Waals surface area contributed by atoms with E-state index in [0.29, 0.717) is 42.8 Å². The lowest BCUT2D eigenvalue weighted by molar-refractivity contribution is -0.139. The molecule has 0 spiro atoms. The minimum absolute atomic E-state index is 0. The van der Waals surface area contributed by atoms with Crippen LogP contribution in [-0.2, 0) is 16.1 Å². The number of aliphatic carboxylic acids is 1. The molecule has 9 nitrogen and oxygen atoms in total. The van der Waals surface area contributed by atoms with E-state index in [9.17, 15) is 24.3 Å². The van der Waals surface area contributed by atoms with E-state index in [1.54, 1.807) is 24.3 Å². The van der Waals surface area contributed by atoms with Crippen LogP contribution in [0.25, 0.3) is 6.08 Å². The fraction of sp³-hybridized carbons (Fsp3) is 0.250. The average molecular weight is 519 g/mol. The van der Waals surface area contributed by atoms with Crippen LogP contribution in [0, 0.1) is 0 Å². The molecule has 2 aromatic rings. The predicted octanol–water partition coefficient (Wildman–Crippen LogP) is 3.36. The van der Waals surface area contributed by atoms with Gasteiger partial charge in [-0.2, -0.15) is 0 Å². The van der Waals surface area contributed by atoms with Gasteiger partial charge in [0.1, 0.15) is 6.04 Å². The first-order valence-corrected chi connectivity index (χ1v) is 11.6. The van der Waals surface area contributed by atoms with Crippen LogP contribution in [0.4, 0.5) is 10.5 Å². The van der Waals surface area contributed by atoms with E-state index in [1.165, 1.54) is 0 Å². The molecular formula is C24H27ClN4O5S. The first kappa shape index (κ1) is 27.9. The molecule has 1 aliphatic heterocycles. The lowest BCUT2D eigenvalue weighted by atomic mass is 10.1. The Labute approximate surface area is 213 Å². The van der Waals surface area contributed by atoms with Crippen LogP contribution in [0.1, 0.15) is 40.7 Å². The minimum Gasteiger partial charge on any atom is -0.480 e. The Kier molecular flexibility index (Phi) is 10.8. The first-order valence-electron chi connectivity index (χ1n) is 10.8. The number of hydrogen-bond donors (Lipinski definition) is 5. The third kappa shape index (κ3) is 8.43. The van der Waals surface area contributed by atoms with E-state index >= 15 is 0 Å². The number of carbonyl (C=O) groups is 4. The normalized spacial score (nSPS) is 14.7. The number of unbranched alkanes of at least 4 members (excludes halogenated alkanes) is 1. The largest absolute Gasteiger partial charge is 0.480 e. The van der Waals surface area contributed by atoms with Gasteiger partial charge in [-0.15, -0.1) is 12.4 Å². The number of carbonyl (C=O) groups excluding carboxylic acids is 3. The summed E-state index contributed by atoms with van der Waals surface area (Å²) in [5.74, 6) is -1.90. The van der Waals surface area contributed by atoms with Gasteiger partial charge in [0, 0.05) is 17.8 Å². The highest BCUT2D eigenvalue weighted by Gasteiger charge is 2.24. The van der Waals surface area contributed by atoms with E-state index in [2.05, 4.69) is 16.0 Å². The number of nitrogens with two attached hydrogens (primary N) is 1. The molecule has 1 atom stereocenters. The van der Waals surface area contributed by atoms with Crippen LogP contribution in [-0.4, -0.2) is 40.7 Å². The van der Waals surface area contributed by atoms with Crippen molar-refractivity contribution in [3.8, 4) is 0 Å². The van der Waals surface area contributed by atoms with E-state index in [1.807, 2.05) is 30.3 Å². The number of nitrogens with one attached hydrogen (secondary N) is 3. The summed E-state index contributed by atoms with van der Waals surface area (Å²) in [6.07, 6.45) is 3.30. The smallest absolute Gasteiger partial charge is 0.326 e. The number of rotatable bonds is 11. The Bertz CT molecular complexity index is 1110. The summed E-state index contributed by atoms with van der Waals surface area (Å²) < 4.78 is 0. The molecule has 1 fully saturated rings. The quantitative estimate of drug-likeness (QED) is 0.224. The van der Waals surface area contributed by atoms with E-state index in [0.717, 1.165) is 28.6 Å². The van der Waals surface area contributed by atoms with Gasteiger partial charge in [0.25, 0.3) is 17.1 Å². The lowest BCUT2D eigenvalue weighted by Gasteiger charge is -2.15. The number of carboxylic acid groups (broad SMARTS) is 1. The standard InChI is InChI=1S/C24H26N4O5S.ClH/c25-11-2-1-6-19(23(31)32)27-21(29)17-5-3-4-16(12-17)14-26-18-9-7-15(8-10-18)13-20-22(30)28-24(33)34-20;/h3-5,7-10,12-13,19,26H,1-2,6,11,14,25H2,(H,27,29)(H,31,32)(H,28,30,33);1H/b20-13-;/t19-;/m0./s1. The van der Waals surface area contributed by atoms with Crippen molar-refractivity contribution >= 4 is 59.0 Å². The molecule has 1 heterocycles. The van der Waals surface area contributed by atoms with Crippen molar-refractivity contribution in [2.24, 2.45) is 5.73 Å². The highest BCUT2D eigenvalue weighted by atomic mass is 35.5. The van der Waals surface area contributed by atoms with Gasteiger partial charge >= 0.3 is 5.97 Å². The highest BCUT2D eigenvalue weighted by Crippen LogP contribution is 2.26. The third-order valence-corrected chi connectivity index (χ3v) is 5.90. The summed E-state index contributed by atoms with van der Waals surface area (Å²) in [5.41, 5.74) is 8.31. The molecule has 3 amide bonds. The van der Waals surface area contributed by atoms with Crippen molar-refractivity contribution in [1.82, 2.24) is 10.6 Å². The Balaban J connectivity index is 0.00000432. The van der Waals surface area contributed by atoms with Crippen LogP contribution in [0.5, 0.6) is 0 Å². The second-order valence-electron chi connectivity index (χ2n) is 7.68. The molecule has 0 bridgehead atoms. The van der Waals surface area contributed by atoms with Gasteiger partial charge in [-0.05, 0) is 79.0 Å². The number of carboxylic acids is 1. The maximum Gasteiger partial charge on any atom is 0.326 e. The number of hydrogen-bond acceptors (Lipinski definition) is 7. The summed E-state index contributed by atoms with van der Waals surface area (Å²) in [4.78, 5) is 47.3. The highest BCUT2D eigenvalue weighted by molar-refractivity contribution is 8.18. The predicted molar refractivity (Wildman–Crippen MR) is 138 cm³/mol. The molecule has 3 rings (SSSR count). The second-order valence-corrected chi connectivity index (χ2v) is 8.69. The van der Waals surface area contributed by atoms with Gasteiger partial charge in [0.15, 0.2) is 0 Å². The average Bonchev–Trinajstić information content (AvgIpc) is 3.14. The van der Waals surface area contributed by atoms with Crippen LogP contribution in [0.15, 0.2) is 53.4 Å². The monoisotopic (exact) mass is 518 g/mol. The topological polar surface area (TPSA) is 151 Å². The number of halogens is 1. The number of amides is 3. The van der Waals surface area contributed by atoms with Crippen molar-refractivity contribution in [3.05, 3.63) is 70.1 Å². The van der Waals surface area contributed by atoms with Crippen molar-refractivity contribution < 1.29 is 24.3 Å². The molecule has 1 saturated heterocycles. The molecule has 186 valence electrons. The van der Waals surface area contributed by atoms with Gasteiger partial charge in [0.2, 0.25) is 0 Å². The van der Waals surface area contributed by atoms with Gasteiger partial charge in [-0.3, -0.25) is 19.7 Å². The summed E-state index contributed by atoms with van der Waals surface area (Å²) >= 11 is 0.869. The lowest BCUT2D eigenvalue weighted by Crippen LogP contribution is -2.40. The summed E-state index contributed by atoms with van der Waals surface area (Å²) in [5, 5.41) is 17.0. The van der Waals surface area contributed by atoms with Crippen molar-refractivity contribution in [1.29, 1.82) is 0 Å². The molecule has 0 radical (unpaired) electrons. The Hall–Kier alpha value is -3.34. The second kappa shape index (κ2) is 13.5. The van der Waals surface area contributed by atoms with Gasteiger partial charge in [-0.25, -0.2) is 4.79 Å². The number of thioether (sulfide) groups is 1. The van der Waals surface area contributed by atoms with Crippen LogP contribution < -0.4 is 21.7 Å². The van der Waals surface area contributed by atoms with Crippen molar-refractivity contribution in [3.63, 3.8) is 0 Å². The molecule has 1 aliphatic rings. The molecule has 11 heteroatoms. The first-order chi connectivity index (χ1) is 16.4. The summed E-state index contributed by atoms with van der Waals surface area (Å²) in [7, 11) is 0. The van der Waals surface area contributed by atoms with E-state index < -0.39 is 23.8 Å². The Morgan fingerprint density at radius 2 is 1.86 bits per heavy atom. The number of benzene rings is 2. The minimum atomic E-state index is -1.07. The molecule has 6 N–H and O–H groups in total. The van der Waals surface area contributed by atoms with Crippen LogP contribution in [0.3, 0.4) is 0 Å². The zero-order valence-electron chi connectivity index (χ0n) is 18.8. The zero-order valence-corrected chi connectivity index (χ0v) is 20.4. The number of imide groups is 1. The number of anilines is 1. The maximum absolute atomic E-state index is 12.6. The molecule has 2 aromatic carbocycles. The molecule has 0 aromatic heterocycles.